The van der Waals surface area contributed by atoms with Gasteiger partial charge in [0, 0.05) is 25.8 Å². The lowest BCUT2D eigenvalue weighted by atomic mass is 10.0. The Hall–Kier alpha value is -4.54. The molecule has 1 atom stereocenters. The van der Waals surface area contributed by atoms with Crippen LogP contribution in [0.4, 0.5) is 20.3 Å². The van der Waals surface area contributed by atoms with E-state index in [9.17, 15) is 19.1 Å². The van der Waals surface area contributed by atoms with Gasteiger partial charge in [0.25, 0.3) is 5.91 Å². The molecule has 4 heterocycles. The van der Waals surface area contributed by atoms with Gasteiger partial charge in [0.05, 0.1) is 23.0 Å². The third-order valence-electron chi connectivity index (χ3n) is 7.17. The predicted octanol–water partition coefficient (Wildman–Crippen LogP) is 4.53. The number of hydrogen-bond donors (Lipinski definition) is 2. The van der Waals surface area contributed by atoms with Crippen molar-refractivity contribution in [2.24, 2.45) is 0 Å². The van der Waals surface area contributed by atoms with Crippen LogP contribution in [0.3, 0.4) is 0 Å². The highest BCUT2D eigenvalue weighted by molar-refractivity contribution is 6.04. The van der Waals surface area contributed by atoms with Crippen molar-refractivity contribution in [1.82, 2.24) is 19.8 Å². The van der Waals surface area contributed by atoms with E-state index in [2.05, 4.69) is 21.9 Å². The number of rotatable bonds is 5. The Morgan fingerprint density at radius 1 is 1.25 bits per heavy atom. The third-order valence-corrected chi connectivity index (χ3v) is 7.17. The number of phenols is 1. The van der Waals surface area contributed by atoms with Crippen LogP contribution in [0, 0.1) is 18.6 Å². The van der Waals surface area contributed by atoms with E-state index in [1.54, 1.807) is 17.2 Å². The number of anilines is 2. The third kappa shape index (κ3) is 4.61. The standard InChI is InChI=1S/C29H29F2N5O4/c1-5-20(38)35-11-12-36-17(13-35)14-40-27-22(29(36)39)28(33-25-16(4)9-10-32-24(25)15(2)3)34-26(23(27)31)21-18(30)7-6-8-19(21)37/h5-10,15,17,37H,1,11-14H2,2-4H3,(H,33,34)/t17-/m1/s1. The van der Waals surface area contributed by atoms with E-state index in [4.69, 9.17) is 4.74 Å². The van der Waals surface area contributed by atoms with Crippen LogP contribution in [-0.4, -0.2) is 69.0 Å². The summed E-state index contributed by atoms with van der Waals surface area (Å²) < 4.78 is 37.0. The van der Waals surface area contributed by atoms with Crippen LogP contribution in [-0.2, 0) is 4.79 Å². The first-order valence-corrected chi connectivity index (χ1v) is 12.9. The van der Waals surface area contributed by atoms with Crippen molar-refractivity contribution in [2.75, 3.05) is 31.6 Å². The highest BCUT2D eigenvalue weighted by atomic mass is 19.1. The number of fused-ring (bicyclic) bond motifs is 2. The first kappa shape index (κ1) is 27.0. The lowest BCUT2D eigenvalue weighted by molar-refractivity contribution is -0.128. The van der Waals surface area contributed by atoms with Gasteiger partial charge in [-0.1, -0.05) is 26.5 Å². The molecule has 2 aliphatic heterocycles. The van der Waals surface area contributed by atoms with Crippen LogP contribution < -0.4 is 10.1 Å². The molecule has 0 saturated carbocycles. The topological polar surface area (TPSA) is 108 Å². The fourth-order valence-corrected chi connectivity index (χ4v) is 5.09. The number of amides is 2. The largest absolute Gasteiger partial charge is 0.507 e. The molecule has 2 aromatic heterocycles. The van der Waals surface area contributed by atoms with Gasteiger partial charge in [-0.3, -0.25) is 14.6 Å². The number of aromatic hydroxyl groups is 1. The maximum Gasteiger partial charge on any atom is 0.262 e. The van der Waals surface area contributed by atoms with Crippen LogP contribution in [0.15, 0.2) is 43.1 Å². The Kier molecular flexibility index (Phi) is 7.14. The number of carbonyl (C=O) groups is 2. The van der Waals surface area contributed by atoms with E-state index in [-0.39, 0.29) is 49.4 Å². The van der Waals surface area contributed by atoms with E-state index in [1.807, 2.05) is 20.8 Å². The molecule has 40 heavy (non-hydrogen) atoms. The Balaban J connectivity index is 1.70. The number of carbonyl (C=O) groups excluding carboxylic acids is 2. The number of aryl methyl sites for hydroxylation is 1. The lowest BCUT2D eigenvalue weighted by Gasteiger charge is -2.39. The molecule has 208 valence electrons. The fourth-order valence-electron chi connectivity index (χ4n) is 5.09. The molecule has 2 aliphatic rings. The summed E-state index contributed by atoms with van der Waals surface area (Å²) in [6, 6.07) is 4.80. The normalized spacial score (nSPS) is 16.6. The number of piperazine rings is 1. The van der Waals surface area contributed by atoms with Crippen molar-refractivity contribution in [2.45, 2.75) is 32.7 Å². The van der Waals surface area contributed by atoms with Gasteiger partial charge < -0.3 is 25.0 Å². The molecule has 9 nitrogen and oxygen atoms in total. The molecule has 0 unspecified atom stereocenters. The summed E-state index contributed by atoms with van der Waals surface area (Å²) in [5.41, 5.74) is 0.912. The molecule has 3 aromatic rings. The monoisotopic (exact) mass is 549 g/mol. The predicted molar refractivity (Wildman–Crippen MR) is 145 cm³/mol. The maximum atomic E-state index is 16.1. The van der Waals surface area contributed by atoms with Crippen LogP contribution in [0.5, 0.6) is 11.5 Å². The fraction of sp³-hybridized carbons (Fsp3) is 0.310. The number of pyridine rings is 2. The molecule has 11 heteroatoms. The van der Waals surface area contributed by atoms with Gasteiger partial charge in [-0.05, 0) is 42.7 Å². The van der Waals surface area contributed by atoms with E-state index in [0.717, 1.165) is 11.6 Å². The zero-order valence-electron chi connectivity index (χ0n) is 22.4. The zero-order chi connectivity index (χ0) is 28.7. The maximum absolute atomic E-state index is 16.1. The van der Waals surface area contributed by atoms with Gasteiger partial charge in [-0.15, -0.1) is 0 Å². The quantitative estimate of drug-likeness (QED) is 0.450. The van der Waals surface area contributed by atoms with Crippen molar-refractivity contribution in [3.63, 3.8) is 0 Å². The Bertz CT molecular complexity index is 1510. The van der Waals surface area contributed by atoms with Crippen LogP contribution in [0.1, 0.15) is 41.4 Å². The molecule has 0 bridgehead atoms. The summed E-state index contributed by atoms with van der Waals surface area (Å²) >= 11 is 0. The molecule has 1 aromatic carbocycles. The Morgan fingerprint density at radius 2 is 2.02 bits per heavy atom. The minimum absolute atomic E-state index is 0.0108. The van der Waals surface area contributed by atoms with Crippen LogP contribution in [0.2, 0.25) is 0 Å². The smallest absolute Gasteiger partial charge is 0.262 e. The highest BCUT2D eigenvalue weighted by Crippen LogP contribution is 2.42. The van der Waals surface area contributed by atoms with E-state index in [0.29, 0.717) is 11.4 Å². The van der Waals surface area contributed by atoms with Gasteiger partial charge in [-0.2, -0.15) is 0 Å². The second-order valence-corrected chi connectivity index (χ2v) is 10.1. The molecule has 1 fully saturated rings. The minimum Gasteiger partial charge on any atom is -0.507 e. The number of halogens is 2. The summed E-state index contributed by atoms with van der Waals surface area (Å²) in [5.74, 6) is -3.82. The number of nitrogens with one attached hydrogen (secondary N) is 1. The summed E-state index contributed by atoms with van der Waals surface area (Å²) in [7, 11) is 0. The van der Waals surface area contributed by atoms with E-state index < -0.39 is 46.3 Å². The first-order chi connectivity index (χ1) is 19.1. The zero-order valence-corrected chi connectivity index (χ0v) is 22.4. The molecule has 0 aliphatic carbocycles. The van der Waals surface area contributed by atoms with Gasteiger partial charge in [-0.25, -0.2) is 13.8 Å². The van der Waals surface area contributed by atoms with Crippen molar-refractivity contribution in [1.29, 1.82) is 0 Å². The van der Waals surface area contributed by atoms with Crippen molar-refractivity contribution in [3.05, 3.63) is 71.6 Å². The molecule has 2 amide bonds. The first-order valence-electron chi connectivity index (χ1n) is 12.9. The lowest BCUT2D eigenvalue weighted by Crippen LogP contribution is -2.57. The molecule has 0 spiro atoms. The molecule has 5 rings (SSSR count). The molecule has 1 saturated heterocycles. The van der Waals surface area contributed by atoms with Gasteiger partial charge in [0.15, 0.2) is 11.6 Å². The summed E-state index contributed by atoms with van der Waals surface area (Å²) in [4.78, 5) is 38.2. The molecule has 2 N–H and O–H groups in total. The average Bonchev–Trinajstić information content (AvgIpc) is 3.07. The van der Waals surface area contributed by atoms with Crippen LogP contribution >= 0.6 is 0 Å². The Labute approximate surface area is 230 Å². The number of nitrogens with zero attached hydrogens (tertiary/aromatic N) is 4. The number of hydrogen-bond acceptors (Lipinski definition) is 7. The van der Waals surface area contributed by atoms with Gasteiger partial charge >= 0.3 is 0 Å². The van der Waals surface area contributed by atoms with E-state index >= 15 is 4.39 Å². The van der Waals surface area contributed by atoms with Crippen molar-refractivity contribution < 1.29 is 28.2 Å². The molecular weight excluding hydrogens is 520 g/mol. The summed E-state index contributed by atoms with van der Waals surface area (Å²) in [5, 5.41) is 13.6. The number of phenolic OH excluding ortho intramolecular Hbond substituents is 1. The SMILES string of the molecule is C=CC(=O)N1CCN2C(=O)c3c(Nc4c(C)ccnc4C(C)C)nc(-c4c(O)cccc4F)c(F)c3OC[C@H]2C1. The minimum atomic E-state index is -1.08. The molecule has 0 radical (unpaired) electrons. The van der Waals surface area contributed by atoms with E-state index in [1.165, 1.54) is 23.1 Å². The van der Waals surface area contributed by atoms with Crippen LogP contribution in [0.25, 0.3) is 11.3 Å². The van der Waals surface area contributed by atoms with Gasteiger partial charge in [0.1, 0.15) is 35.2 Å². The van der Waals surface area contributed by atoms with Crippen molar-refractivity contribution in [3.8, 4) is 22.8 Å². The van der Waals surface area contributed by atoms with Crippen molar-refractivity contribution >= 4 is 23.3 Å². The summed E-state index contributed by atoms with van der Waals surface area (Å²) in [6.45, 7) is 9.79. The average molecular weight is 550 g/mol. The number of benzene rings is 1. The Morgan fingerprint density at radius 3 is 2.73 bits per heavy atom. The number of aromatic nitrogens is 2. The second kappa shape index (κ2) is 10.6. The summed E-state index contributed by atoms with van der Waals surface area (Å²) in [6.07, 6.45) is 2.87. The van der Waals surface area contributed by atoms with Gasteiger partial charge in [0.2, 0.25) is 5.91 Å². The number of ether oxygens (including phenoxy) is 1. The highest BCUT2D eigenvalue weighted by Gasteiger charge is 2.40. The molecular formula is C29H29F2N5O4. The second-order valence-electron chi connectivity index (χ2n) is 10.1.